The lowest BCUT2D eigenvalue weighted by atomic mass is 9.86. The third-order valence-electron chi connectivity index (χ3n) is 5.55. The predicted octanol–water partition coefficient (Wildman–Crippen LogP) is 3.46. The van der Waals surface area contributed by atoms with Crippen LogP contribution in [0.2, 0.25) is 0 Å². The van der Waals surface area contributed by atoms with E-state index in [0.717, 1.165) is 11.1 Å². The summed E-state index contributed by atoms with van der Waals surface area (Å²) in [5, 5.41) is 3.32. The minimum absolute atomic E-state index is 0.144. The molecule has 32 heavy (non-hydrogen) atoms. The van der Waals surface area contributed by atoms with Gasteiger partial charge in [0.2, 0.25) is 5.91 Å². The molecule has 1 aromatic heterocycles. The molecule has 0 aliphatic carbocycles. The van der Waals surface area contributed by atoms with E-state index in [1.807, 2.05) is 12.1 Å². The first-order chi connectivity index (χ1) is 15.5. The maximum atomic E-state index is 13.1. The van der Waals surface area contributed by atoms with Crippen LogP contribution in [-0.4, -0.2) is 28.7 Å². The number of halogens is 1. The molecule has 0 fully saturated rings. The summed E-state index contributed by atoms with van der Waals surface area (Å²) in [6, 6.07) is 11.7. The molecule has 5 rings (SSSR count). The second-order valence-electron chi connectivity index (χ2n) is 7.64. The fourth-order valence-electron chi connectivity index (χ4n) is 3.95. The van der Waals surface area contributed by atoms with E-state index in [4.69, 9.17) is 9.47 Å². The van der Waals surface area contributed by atoms with E-state index < -0.39 is 5.92 Å². The molecule has 2 aliphatic rings. The van der Waals surface area contributed by atoms with Gasteiger partial charge >= 0.3 is 0 Å². The second kappa shape index (κ2) is 8.31. The largest absolute Gasteiger partial charge is 0.486 e. The van der Waals surface area contributed by atoms with Crippen molar-refractivity contribution in [1.29, 1.82) is 0 Å². The van der Waals surface area contributed by atoms with Crippen LogP contribution in [0.15, 0.2) is 52.4 Å². The van der Waals surface area contributed by atoms with Crippen molar-refractivity contribution in [2.45, 2.75) is 23.2 Å². The average Bonchev–Trinajstić information content (AvgIpc) is 2.80. The predicted molar refractivity (Wildman–Crippen MR) is 118 cm³/mol. The summed E-state index contributed by atoms with van der Waals surface area (Å²) in [5.41, 5.74) is 1.78. The number of ether oxygens (including phenoxy) is 2. The standard InChI is InChI=1S/C23H20FN3O4S/c1-27-21-20(22(29)26-23(27)32-12-13-2-5-15(24)6-3-13)16(11-19(28)25-21)14-4-7-17-18(10-14)31-9-8-30-17/h2-7,10,16H,8-9,11-12H2,1H3,(H,25,28)/t16-/m0/s1. The smallest absolute Gasteiger partial charge is 0.279 e. The summed E-state index contributed by atoms with van der Waals surface area (Å²) in [5.74, 6) is 1.31. The Morgan fingerprint density at radius 1 is 1.12 bits per heavy atom. The van der Waals surface area contributed by atoms with E-state index in [1.54, 1.807) is 29.8 Å². The van der Waals surface area contributed by atoms with Crippen molar-refractivity contribution in [2.75, 3.05) is 18.5 Å². The maximum Gasteiger partial charge on any atom is 0.279 e. The SMILES string of the molecule is Cn1c(SCc2ccc(F)cc2)nc(=O)c2c1NC(=O)C[C@H]2c1ccc2c(c1)OCCO2. The number of fused-ring (bicyclic) bond motifs is 2. The third-order valence-corrected chi connectivity index (χ3v) is 6.65. The van der Waals surface area contributed by atoms with Gasteiger partial charge in [-0.2, -0.15) is 4.98 Å². The van der Waals surface area contributed by atoms with Crippen LogP contribution in [0.5, 0.6) is 11.5 Å². The van der Waals surface area contributed by atoms with Gasteiger partial charge in [0.1, 0.15) is 24.8 Å². The molecular weight excluding hydrogens is 433 g/mol. The van der Waals surface area contributed by atoms with Crippen LogP contribution in [0.1, 0.15) is 29.0 Å². The van der Waals surface area contributed by atoms with Crippen LogP contribution in [0.25, 0.3) is 0 Å². The van der Waals surface area contributed by atoms with Gasteiger partial charge in [0.05, 0.1) is 5.56 Å². The highest BCUT2D eigenvalue weighted by Gasteiger charge is 2.32. The average molecular weight is 453 g/mol. The van der Waals surface area contributed by atoms with Gasteiger partial charge in [-0.05, 0) is 35.4 Å². The molecule has 2 aliphatic heterocycles. The summed E-state index contributed by atoms with van der Waals surface area (Å²) in [6.45, 7) is 0.944. The number of carbonyl (C=O) groups excluding carboxylic acids is 1. The molecule has 3 aromatic rings. The number of hydrogen-bond acceptors (Lipinski definition) is 6. The maximum absolute atomic E-state index is 13.1. The van der Waals surface area contributed by atoms with Crippen molar-refractivity contribution in [3.63, 3.8) is 0 Å². The number of carbonyl (C=O) groups is 1. The minimum atomic E-state index is -0.433. The van der Waals surface area contributed by atoms with Crippen molar-refractivity contribution < 1.29 is 18.7 Å². The van der Waals surface area contributed by atoms with Crippen molar-refractivity contribution in [1.82, 2.24) is 9.55 Å². The Hall–Kier alpha value is -3.33. The van der Waals surface area contributed by atoms with Crippen molar-refractivity contribution >= 4 is 23.5 Å². The Bertz CT molecular complexity index is 1260. The van der Waals surface area contributed by atoms with Gasteiger partial charge in [0.15, 0.2) is 16.7 Å². The topological polar surface area (TPSA) is 82.5 Å². The van der Waals surface area contributed by atoms with Gasteiger partial charge in [-0.25, -0.2) is 4.39 Å². The third kappa shape index (κ3) is 3.84. The van der Waals surface area contributed by atoms with E-state index in [1.165, 1.54) is 23.9 Å². The molecule has 164 valence electrons. The molecule has 2 aromatic carbocycles. The Labute approximate surface area is 187 Å². The van der Waals surface area contributed by atoms with Crippen LogP contribution >= 0.6 is 11.8 Å². The van der Waals surface area contributed by atoms with Gasteiger partial charge in [-0.15, -0.1) is 0 Å². The molecule has 0 radical (unpaired) electrons. The van der Waals surface area contributed by atoms with Gasteiger partial charge < -0.3 is 19.4 Å². The summed E-state index contributed by atoms with van der Waals surface area (Å²) in [4.78, 5) is 29.9. The summed E-state index contributed by atoms with van der Waals surface area (Å²) >= 11 is 1.35. The zero-order chi connectivity index (χ0) is 22.2. The fraction of sp³-hybridized carbons (Fsp3) is 0.261. The minimum Gasteiger partial charge on any atom is -0.486 e. The molecule has 0 unspecified atom stereocenters. The first kappa shape index (κ1) is 20.6. The Kier molecular flexibility index (Phi) is 5.34. The summed E-state index contributed by atoms with van der Waals surface area (Å²) in [7, 11) is 1.77. The highest BCUT2D eigenvalue weighted by atomic mass is 32.2. The first-order valence-electron chi connectivity index (χ1n) is 10.2. The van der Waals surface area contributed by atoms with E-state index >= 15 is 0 Å². The van der Waals surface area contributed by atoms with Gasteiger partial charge in [-0.3, -0.25) is 9.59 Å². The van der Waals surface area contributed by atoms with Crippen molar-refractivity contribution in [3.8, 4) is 11.5 Å². The quantitative estimate of drug-likeness (QED) is 0.481. The zero-order valence-electron chi connectivity index (χ0n) is 17.3. The summed E-state index contributed by atoms with van der Waals surface area (Å²) < 4.78 is 26.1. The molecular formula is C23H20FN3O4S. The highest BCUT2D eigenvalue weighted by molar-refractivity contribution is 7.98. The lowest BCUT2D eigenvalue weighted by molar-refractivity contribution is -0.116. The van der Waals surface area contributed by atoms with E-state index in [2.05, 4.69) is 10.3 Å². The highest BCUT2D eigenvalue weighted by Crippen LogP contribution is 2.40. The molecule has 3 heterocycles. The second-order valence-corrected chi connectivity index (χ2v) is 8.59. The number of nitrogens with zero attached hydrogens (tertiary/aromatic N) is 2. The van der Waals surface area contributed by atoms with E-state index in [9.17, 15) is 14.0 Å². The van der Waals surface area contributed by atoms with Crippen LogP contribution in [0.4, 0.5) is 10.2 Å². The lowest BCUT2D eigenvalue weighted by Gasteiger charge is -2.28. The normalized spacial score (nSPS) is 16.9. The molecule has 1 amide bonds. The van der Waals surface area contributed by atoms with Crippen LogP contribution in [-0.2, 0) is 17.6 Å². The van der Waals surface area contributed by atoms with E-state index in [0.29, 0.717) is 47.0 Å². The summed E-state index contributed by atoms with van der Waals surface area (Å²) in [6.07, 6.45) is 0.144. The number of benzene rings is 2. The number of hydrogen-bond donors (Lipinski definition) is 1. The number of amides is 1. The number of aromatic nitrogens is 2. The first-order valence-corrected chi connectivity index (χ1v) is 11.2. The molecule has 1 atom stereocenters. The Balaban J connectivity index is 1.50. The monoisotopic (exact) mass is 453 g/mol. The number of thioether (sulfide) groups is 1. The van der Waals surface area contributed by atoms with Gasteiger partial charge in [0, 0.05) is 25.1 Å². The van der Waals surface area contributed by atoms with Gasteiger partial charge in [-0.1, -0.05) is 30.0 Å². The number of anilines is 1. The molecule has 7 nitrogen and oxygen atoms in total. The van der Waals surface area contributed by atoms with E-state index in [-0.39, 0.29) is 23.7 Å². The van der Waals surface area contributed by atoms with Crippen molar-refractivity contribution in [3.05, 3.63) is 75.3 Å². The molecule has 1 N–H and O–H groups in total. The van der Waals surface area contributed by atoms with Crippen molar-refractivity contribution in [2.24, 2.45) is 7.05 Å². The zero-order valence-corrected chi connectivity index (χ0v) is 18.1. The molecule has 0 spiro atoms. The lowest BCUT2D eigenvalue weighted by Crippen LogP contribution is -2.33. The van der Waals surface area contributed by atoms with Gasteiger partial charge in [0.25, 0.3) is 5.56 Å². The Morgan fingerprint density at radius 3 is 2.66 bits per heavy atom. The van der Waals surface area contributed by atoms with Crippen LogP contribution in [0, 0.1) is 5.82 Å². The Morgan fingerprint density at radius 2 is 1.88 bits per heavy atom. The number of nitrogens with one attached hydrogen (secondary N) is 1. The van der Waals surface area contributed by atoms with Crippen LogP contribution in [0.3, 0.4) is 0 Å². The van der Waals surface area contributed by atoms with Crippen LogP contribution < -0.4 is 20.3 Å². The molecule has 0 saturated heterocycles. The molecule has 0 bridgehead atoms. The molecule has 0 saturated carbocycles. The molecule has 9 heteroatoms. The number of rotatable bonds is 4. The fourth-order valence-corrected chi connectivity index (χ4v) is 4.87.